The Morgan fingerprint density at radius 2 is 1.79 bits per heavy atom. The highest BCUT2D eigenvalue weighted by Gasteiger charge is 2.16. The van der Waals surface area contributed by atoms with Crippen molar-refractivity contribution in [1.82, 2.24) is 30.0 Å². The quantitative estimate of drug-likeness (QED) is 0.257. The second kappa shape index (κ2) is 9.08. The minimum absolute atomic E-state index is 0.120. The fourth-order valence-electron chi connectivity index (χ4n) is 5.47. The largest absolute Gasteiger partial charge is 0.508 e. The first-order valence-corrected chi connectivity index (χ1v) is 12.7. The van der Waals surface area contributed by atoms with Crippen molar-refractivity contribution in [2.45, 2.75) is 19.4 Å². The highest BCUT2D eigenvalue weighted by atomic mass is 19.1. The number of aromatic hydroxyl groups is 1. The Morgan fingerprint density at radius 1 is 0.895 bits per heavy atom. The molecule has 0 amide bonds. The van der Waals surface area contributed by atoms with Crippen LogP contribution in [0.5, 0.6) is 5.75 Å². The number of pyridine rings is 2. The van der Waals surface area contributed by atoms with Crippen LogP contribution in [-0.2, 0) is 6.54 Å². The first-order valence-electron chi connectivity index (χ1n) is 12.7. The average molecular weight is 505 g/mol. The van der Waals surface area contributed by atoms with E-state index in [9.17, 15) is 9.50 Å². The highest BCUT2D eigenvalue weighted by Crippen LogP contribution is 2.35. The number of hydrogen-bond donors (Lipinski definition) is 3. The van der Waals surface area contributed by atoms with Crippen LogP contribution in [0.2, 0.25) is 0 Å². The van der Waals surface area contributed by atoms with Crippen LogP contribution < -0.4 is 0 Å². The van der Waals surface area contributed by atoms with Crippen molar-refractivity contribution in [3.05, 3.63) is 84.6 Å². The number of likely N-dealkylation sites (tertiary alicyclic amines) is 1. The molecule has 8 heteroatoms. The first kappa shape index (κ1) is 22.6. The predicted molar refractivity (Wildman–Crippen MR) is 146 cm³/mol. The highest BCUT2D eigenvalue weighted by molar-refractivity contribution is 6.00. The molecule has 1 aliphatic rings. The van der Waals surface area contributed by atoms with E-state index in [2.05, 4.69) is 48.2 Å². The zero-order chi connectivity index (χ0) is 25.6. The number of phenols is 1. The third-order valence-electron chi connectivity index (χ3n) is 7.28. The molecule has 1 fully saturated rings. The number of fused-ring (bicyclic) bond motifs is 2. The Balaban J connectivity index is 1.28. The monoisotopic (exact) mass is 504 g/mol. The number of H-pyrrole nitrogens is 2. The van der Waals surface area contributed by atoms with E-state index in [4.69, 9.17) is 0 Å². The van der Waals surface area contributed by atoms with Gasteiger partial charge in [0.1, 0.15) is 22.9 Å². The van der Waals surface area contributed by atoms with Crippen LogP contribution in [-0.4, -0.2) is 48.2 Å². The minimum Gasteiger partial charge on any atom is -0.508 e. The van der Waals surface area contributed by atoms with Gasteiger partial charge in [0.05, 0.1) is 11.2 Å². The zero-order valence-electron chi connectivity index (χ0n) is 20.6. The summed E-state index contributed by atoms with van der Waals surface area (Å²) in [5, 5.41) is 19.5. The second-order valence-electron chi connectivity index (χ2n) is 9.90. The van der Waals surface area contributed by atoms with Crippen LogP contribution >= 0.6 is 0 Å². The molecule has 0 saturated carbocycles. The van der Waals surface area contributed by atoms with E-state index in [1.807, 2.05) is 30.6 Å². The van der Waals surface area contributed by atoms with Crippen molar-refractivity contribution in [2.75, 3.05) is 13.1 Å². The SMILES string of the molecule is Oc1cc(F)cc(-c2ccnc3[nH]c(-c4n[nH]c5ccc(-c6cncc(CN7CCCC7)c6)cc45)cc23)c1. The van der Waals surface area contributed by atoms with Gasteiger partial charge in [-0.15, -0.1) is 0 Å². The van der Waals surface area contributed by atoms with Crippen LogP contribution in [0.15, 0.2) is 73.2 Å². The summed E-state index contributed by atoms with van der Waals surface area (Å²) in [6, 6.07) is 16.3. The van der Waals surface area contributed by atoms with Crippen molar-refractivity contribution in [3.63, 3.8) is 0 Å². The molecule has 0 aliphatic carbocycles. The number of hydrogen-bond acceptors (Lipinski definition) is 5. The number of aromatic nitrogens is 5. The predicted octanol–water partition coefficient (Wildman–Crippen LogP) is 6.28. The second-order valence-corrected chi connectivity index (χ2v) is 9.90. The van der Waals surface area contributed by atoms with E-state index in [0.717, 1.165) is 70.1 Å². The lowest BCUT2D eigenvalue weighted by Crippen LogP contribution is -2.18. The molecular formula is C30H25FN6O. The number of rotatable bonds is 5. The normalized spacial score (nSPS) is 14.1. The summed E-state index contributed by atoms with van der Waals surface area (Å²) in [7, 11) is 0. The van der Waals surface area contributed by atoms with Crippen molar-refractivity contribution in [1.29, 1.82) is 0 Å². The third-order valence-corrected chi connectivity index (χ3v) is 7.28. The van der Waals surface area contributed by atoms with Gasteiger partial charge in [-0.25, -0.2) is 9.37 Å². The lowest BCUT2D eigenvalue weighted by Gasteiger charge is -2.14. The molecule has 188 valence electrons. The zero-order valence-corrected chi connectivity index (χ0v) is 20.6. The molecule has 3 N–H and O–H groups in total. The van der Waals surface area contributed by atoms with Crippen LogP contribution in [0.4, 0.5) is 4.39 Å². The van der Waals surface area contributed by atoms with Gasteiger partial charge in [0.25, 0.3) is 0 Å². The van der Waals surface area contributed by atoms with Crippen molar-refractivity contribution in [2.24, 2.45) is 0 Å². The molecule has 38 heavy (non-hydrogen) atoms. The van der Waals surface area contributed by atoms with Crippen LogP contribution in [0.1, 0.15) is 18.4 Å². The number of nitrogens with one attached hydrogen (secondary N) is 2. The van der Waals surface area contributed by atoms with E-state index in [0.29, 0.717) is 11.2 Å². The van der Waals surface area contributed by atoms with Crippen LogP contribution in [0.3, 0.4) is 0 Å². The number of nitrogens with zero attached hydrogens (tertiary/aromatic N) is 4. The maximum absolute atomic E-state index is 14.0. The molecule has 1 aliphatic heterocycles. The summed E-state index contributed by atoms with van der Waals surface area (Å²) in [6.45, 7) is 3.22. The van der Waals surface area contributed by atoms with E-state index in [1.54, 1.807) is 12.3 Å². The molecular weight excluding hydrogens is 479 g/mol. The van der Waals surface area contributed by atoms with E-state index in [-0.39, 0.29) is 5.75 Å². The van der Waals surface area contributed by atoms with Gasteiger partial charge in [0.2, 0.25) is 0 Å². The Morgan fingerprint density at radius 3 is 2.66 bits per heavy atom. The van der Waals surface area contributed by atoms with Crippen molar-refractivity contribution < 1.29 is 9.50 Å². The topological polar surface area (TPSA) is 93.7 Å². The van der Waals surface area contributed by atoms with Gasteiger partial charge < -0.3 is 10.1 Å². The Bertz CT molecular complexity index is 1780. The van der Waals surface area contributed by atoms with Gasteiger partial charge in [-0.3, -0.25) is 15.0 Å². The first-order chi connectivity index (χ1) is 18.6. The molecule has 5 heterocycles. The average Bonchev–Trinajstić information content (AvgIpc) is 3.67. The van der Waals surface area contributed by atoms with Gasteiger partial charge in [0, 0.05) is 47.5 Å². The number of aromatic amines is 2. The molecule has 0 bridgehead atoms. The third kappa shape index (κ3) is 4.09. The fourth-order valence-corrected chi connectivity index (χ4v) is 5.47. The van der Waals surface area contributed by atoms with Gasteiger partial charge >= 0.3 is 0 Å². The van der Waals surface area contributed by atoms with E-state index >= 15 is 0 Å². The molecule has 6 aromatic rings. The summed E-state index contributed by atoms with van der Waals surface area (Å²) in [5.41, 5.74) is 7.86. The van der Waals surface area contributed by atoms with Gasteiger partial charge in [-0.2, -0.15) is 5.10 Å². The standard InChI is InChI=1S/C30H25FN6O/c31-22-10-20(11-23(38)13-22)24-5-6-33-30-25(24)14-28(34-30)29-26-12-19(3-4-27(26)35-36-29)21-9-18(15-32-16-21)17-37-7-1-2-8-37/h3-6,9-16,38H,1-2,7-8,17H2,(H,33,34)(H,35,36). The Labute approximate surface area is 218 Å². The number of benzene rings is 2. The molecule has 1 saturated heterocycles. The Kier molecular flexibility index (Phi) is 5.40. The lowest BCUT2D eigenvalue weighted by atomic mass is 10.0. The molecule has 0 spiro atoms. The smallest absolute Gasteiger partial charge is 0.138 e. The summed E-state index contributed by atoms with van der Waals surface area (Å²) >= 11 is 0. The molecule has 0 unspecified atom stereocenters. The molecule has 0 atom stereocenters. The van der Waals surface area contributed by atoms with Gasteiger partial charge in [-0.1, -0.05) is 6.07 Å². The molecule has 2 aromatic carbocycles. The molecule has 4 aromatic heterocycles. The number of halogens is 1. The van der Waals surface area contributed by atoms with Crippen LogP contribution in [0.25, 0.3) is 55.6 Å². The molecule has 7 nitrogen and oxygen atoms in total. The van der Waals surface area contributed by atoms with Gasteiger partial charge in [0.15, 0.2) is 0 Å². The summed E-state index contributed by atoms with van der Waals surface area (Å²) in [5.74, 6) is -0.615. The van der Waals surface area contributed by atoms with Crippen molar-refractivity contribution in [3.8, 4) is 39.4 Å². The summed E-state index contributed by atoms with van der Waals surface area (Å²) in [4.78, 5) is 14.8. The maximum atomic E-state index is 14.0. The minimum atomic E-state index is -0.495. The van der Waals surface area contributed by atoms with E-state index < -0.39 is 5.82 Å². The Hall–Kier alpha value is -4.56. The van der Waals surface area contributed by atoms with Crippen LogP contribution in [0, 0.1) is 5.82 Å². The van der Waals surface area contributed by atoms with Crippen molar-refractivity contribution >= 4 is 21.9 Å². The summed E-state index contributed by atoms with van der Waals surface area (Å²) < 4.78 is 14.0. The number of phenolic OH excluding ortho intramolecular Hbond substituents is 1. The van der Waals surface area contributed by atoms with E-state index in [1.165, 1.54) is 24.5 Å². The molecule has 0 radical (unpaired) electrons. The van der Waals surface area contributed by atoms with Gasteiger partial charge in [-0.05, 0) is 90.6 Å². The fraction of sp³-hybridized carbons (Fsp3) is 0.167. The lowest BCUT2D eigenvalue weighted by molar-refractivity contribution is 0.331. The maximum Gasteiger partial charge on any atom is 0.138 e. The molecule has 7 rings (SSSR count). The summed E-state index contributed by atoms with van der Waals surface area (Å²) in [6.07, 6.45) is 8.06.